The molecule has 0 saturated carbocycles. The molecule has 1 amide bonds. The lowest BCUT2D eigenvalue weighted by Crippen LogP contribution is -2.39. The lowest BCUT2D eigenvalue weighted by molar-refractivity contribution is -0.114. The van der Waals surface area contributed by atoms with E-state index in [1.54, 1.807) is 7.05 Å². The Morgan fingerprint density at radius 2 is 1.68 bits per heavy atom. The maximum atomic E-state index is 11.1. The first-order valence-corrected chi connectivity index (χ1v) is 10.4. The highest BCUT2D eigenvalue weighted by Crippen LogP contribution is 2.18. The number of carbonyl (C=O) groups excluding carboxylic acids is 1. The first kappa shape index (κ1) is 26.7. The number of benzene rings is 2. The first-order chi connectivity index (χ1) is 14.4. The Morgan fingerprint density at radius 3 is 2.23 bits per heavy atom. The summed E-state index contributed by atoms with van der Waals surface area (Å²) in [5.41, 5.74) is 3.17. The molecule has 0 radical (unpaired) electrons. The third-order valence-corrected chi connectivity index (χ3v) is 4.52. The van der Waals surface area contributed by atoms with Gasteiger partial charge < -0.3 is 20.7 Å². The average molecular weight is 538 g/mol. The van der Waals surface area contributed by atoms with E-state index in [0.717, 1.165) is 37.0 Å². The number of hydrogen-bond acceptors (Lipinski definition) is 3. The van der Waals surface area contributed by atoms with Crippen LogP contribution in [0.5, 0.6) is 5.75 Å². The predicted octanol–water partition coefficient (Wildman–Crippen LogP) is 4.77. The van der Waals surface area contributed by atoms with Crippen LogP contribution >= 0.6 is 24.0 Å². The summed E-state index contributed by atoms with van der Waals surface area (Å²) in [6.45, 7) is 9.37. The van der Waals surface area contributed by atoms with Gasteiger partial charge in [0.15, 0.2) is 5.96 Å². The molecule has 31 heavy (non-hydrogen) atoms. The summed E-state index contributed by atoms with van der Waals surface area (Å²) in [5, 5.41) is 9.55. The van der Waals surface area contributed by atoms with E-state index in [1.165, 1.54) is 18.1 Å². The summed E-state index contributed by atoms with van der Waals surface area (Å²) >= 11 is 0. The number of amides is 1. The van der Waals surface area contributed by atoms with Gasteiger partial charge >= 0.3 is 0 Å². The SMILES string of the molecule is CN=C(NCCc1ccc(NC(C)=O)cc1)NC(C)c1ccc(OCC(C)C)cc1.I. The fourth-order valence-electron chi connectivity index (χ4n) is 2.88. The van der Waals surface area contributed by atoms with Crippen LogP contribution < -0.4 is 20.7 Å². The highest BCUT2D eigenvalue weighted by atomic mass is 127. The largest absolute Gasteiger partial charge is 0.493 e. The number of anilines is 1. The molecule has 6 nitrogen and oxygen atoms in total. The third-order valence-electron chi connectivity index (χ3n) is 4.52. The second-order valence-corrected chi connectivity index (χ2v) is 7.77. The molecule has 0 fully saturated rings. The van der Waals surface area contributed by atoms with E-state index < -0.39 is 0 Å². The molecule has 0 saturated heterocycles. The molecule has 1 atom stereocenters. The number of nitrogens with zero attached hydrogens (tertiary/aromatic N) is 1. The van der Waals surface area contributed by atoms with E-state index in [2.05, 4.69) is 53.8 Å². The van der Waals surface area contributed by atoms with Gasteiger partial charge in [0.25, 0.3) is 0 Å². The second-order valence-electron chi connectivity index (χ2n) is 7.77. The van der Waals surface area contributed by atoms with Crippen LogP contribution in [0.3, 0.4) is 0 Å². The van der Waals surface area contributed by atoms with E-state index in [0.29, 0.717) is 5.92 Å². The first-order valence-electron chi connectivity index (χ1n) is 10.4. The molecular weight excluding hydrogens is 503 g/mol. The molecule has 0 aromatic heterocycles. The van der Waals surface area contributed by atoms with Crippen molar-refractivity contribution in [2.75, 3.05) is 25.5 Å². The number of aliphatic imine (C=N–C) groups is 1. The maximum Gasteiger partial charge on any atom is 0.221 e. The van der Waals surface area contributed by atoms with Gasteiger partial charge in [0, 0.05) is 26.2 Å². The van der Waals surface area contributed by atoms with Crippen LogP contribution in [-0.4, -0.2) is 32.1 Å². The van der Waals surface area contributed by atoms with Crippen LogP contribution in [0.4, 0.5) is 5.69 Å². The standard InChI is InChI=1S/C24H34N4O2.HI/c1-17(2)16-30-23-12-8-21(9-13-23)18(3)27-24(25-5)26-15-14-20-6-10-22(11-7-20)28-19(4)29;/h6-13,17-18H,14-16H2,1-5H3,(H,28,29)(H2,25,26,27);1H. The van der Waals surface area contributed by atoms with Crippen LogP contribution in [-0.2, 0) is 11.2 Å². The Hall–Kier alpha value is -2.29. The molecule has 0 spiro atoms. The van der Waals surface area contributed by atoms with Crippen molar-refractivity contribution < 1.29 is 9.53 Å². The minimum absolute atomic E-state index is 0. The zero-order valence-electron chi connectivity index (χ0n) is 19.1. The number of rotatable bonds is 9. The van der Waals surface area contributed by atoms with Crippen LogP contribution in [0.1, 0.15) is 44.9 Å². The molecular formula is C24H35IN4O2. The Kier molecular flexibility index (Phi) is 12.0. The highest BCUT2D eigenvalue weighted by molar-refractivity contribution is 14.0. The van der Waals surface area contributed by atoms with Gasteiger partial charge in [-0.15, -0.1) is 24.0 Å². The molecule has 0 aliphatic rings. The second kappa shape index (κ2) is 13.9. The molecule has 0 aliphatic heterocycles. The fourth-order valence-corrected chi connectivity index (χ4v) is 2.88. The zero-order chi connectivity index (χ0) is 21.9. The minimum atomic E-state index is -0.0638. The van der Waals surface area contributed by atoms with Crippen LogP contribution in [0.2, 0.25) is 0 Å². The van der Waals surface area contributed by atoms with Gasteiger partial charge in [0.05, 0.1) is 12.6 Å². The molecule has 2 rings (SSSR count). The Balaban J connectivity index is 0.00000480. The van der Waals surface area contributed by atoms with E-state index in [1.807, 2.05) is 36.4 Å². The predicted molar refractivity (Wildman–Crippen MR) is 140 cm³/mol. The van der Waals surface area contributed by atoms with Crippen LogP contribution in [0, 0.1) is 5.92 Å². The van der Waals surface area contributed by atoms with E-state index in [9.17, 15) is 4.79 Å². The van der Waals surface area contributed by atoms with Gasteiger partial charge in [0.2, 0.25) is 5.91 Å². The Labute approximate surface area is 203 Å². The van der Waals surface area contributed by atoms with Gasteiger partial charge in [-0.3, -0.25) is 9.79 Å². The molecule has 0 heterocycles. The summed E-state index contributed by atoms with van der Waals surface area (Å²) in [6, 6.07) is 16.2. The number of hydrogen-bond donors (Lipinski definition) is 3. The van der Waals surface area contributed by atoms with Crippen molar-refractivity contribution >= 4 is 41.5 Å². The van der Waals surface area contributed by atoms with Crippen molar-refractivity contribution in [3.05, 3.63) is 59.7 Å². The third kappa shape index (κ3) is 10.0. The van der Waals surface area contributed by atoms with E-state index in [-0.39, 0.29) is 35.9 Å². The average Bonchev–Trinajstić information content (AvgIpc) is 2.72. The fraction of sp³-hybridized carbons (Fsp3) is 0.417. The molecule has 2 aromatic carbocycles. The van der Waals surface area contributed by atoms with Crippen molar-refractivity contribution in [2.24, 2.45) is 10.9 Å². The summed E-state index contributed by atoms with van der Waals surface area (Å²) in [4.78, 5) is 15.4. The van der Waals surface area contributed by atoms with Crippen LogP contribution in [0.15, 0.2) is 53.5 Å². The summed E-state index contributed by atoms with van der Waals surface area (Å²) in [7, 11) is 1.77. The molecule has 3 N–H and O–H groups in total. The molecule has 0 aliphatic carbocycles. The quantitative estimate of drug-likeness (QED) is 0.245. The van der Waals surface area contributed by atoms with Crippen molar-refractivity contribution in [1.29, 1.82) is 0 Å². The zero-order valence-corrected chi connectivity index (χ0v) is 21.4. The number of ether oxygens (including phenoxy) is 1. The Bertz CT molecular complexity index is 820. The summed E-state index contributed by atoms with van der Waals surface area (Å²) < 4.78 is 5.75. The number of halogens is 1. The summed E-state index contributed by atoms with van der Waals surface area (Å²) in [5.74, 6) is 2.10. The van der Waals surface area contributed by atoms with Gasteiger partial charge in [-0.1, -0.05) is 38.1 Å². The number of nitrogens with one attached hydrogen (secondary N) is 3. The number of guanidine groups is 1. The Morgan fingerprint density at radius 1 is 1.03 bits per heavy atom. The lowest BCUT2D eigenvalue weighted by Gasteiger charge is -2.19. The lowest BCUT2D eigenvalue weighted by atomic mass is 10.1. The van der Waals surface area contributed by atoms with E-state index >= 15 is 0 Å². The van der Waals surface area contributed by atoms with Gasteiger partial charge in [0.1, 0.15) is 5.75 Å². The smallest absolute Gasteiger partial charge is 0.221 e. The topological polar surface area (TPSA) is 74.8 Å². The minimum Gasteiger partial charge on any atom is -0.493 e. The summed E-state index contributed by atoms with van der Waals surface area (Å²) in [6.07, 6.45) is 0.858. The van der Waals surface area contributed by atoms with E-state index in [4.69, 9.17) is 4.74 Å². The van der Waals surface area contributed by atoms with Gasteiger partial charge in [-0.2, -0.15) is 0 Å². The van der Waals surface area contributed by atoms with Crippen molar-refractivity contribution in [3.8, 4) is 5.75 Å². The van der Waals surface area contributed by atoms with Gasteiger partial charge in [-0.05, 0) is 54.7 Å². The molecule has 1 unspecified atom stereocenters. The monoisotopic (exact) mass is 538 g/mol. The molecule has 2 aromatic rings. The normalized spacial score (nSPS) is 12.0. The van der Waals surface area contributed by atoms with Crippen molar-refractivity contribution in [2.45, 2.75) is 40.2 Å². The molecule has 7 heteroatoms. The maximum absolute atomic E-state index is 11.1. The van der Waals surface area contributed by atoms with Crippen LogP contribution in [0.25, 0.3) is 0 Å². The highest BCUT2D eigenvalue weighted by Gasteiger charge is 2.08. The van der Waals surface area contributed by atoms with Crippen molar-refractivity contribution in [1.82, 2.24) is 10.6 Å². The van der Waals surface area contributed by atoms with Crippen molar-refractivity contribution in [3.63, 3.8) is 0 Å². The number of carbonyl (C=O) groups is 1. The van der Waals surface area contributed by atoms with Gasteiger partial charge in [-0.25, -0.2) is 0 Å². The molecule has 0 bridgehead atoms. The molecule has 170 valence electrons.